The van der Waals surface area contributed by atoms with Gasteiger partial charge in [0.2, 0.25) is 0 Å². The molecule has 0 aromatic rings. The highest BCUT2D eigenvalue weighted by atomic mass is 14.5. The molecule has 1 atom stereocenters. The molecule has 0 aromatic carbocycles. The molecule has 0 saturated heterocycles. The zero-order valence-electron chi connectivity index (χ0n) is 10.5. The Labute approximate surface area is 94.5 Å². The Bertz CT molecular complexity index is 293. The molecule has 0 aliphatic heterocycles. The molecule has 2 aliphatic carbocycles. The summed E-state index contributed by atoms with van der Waals surface area (Å²) in [4.78, 5) is 0. The van der Waals surface area contributed by atoms with E-state index in [9.17, 15) is 0 Å². The maximum Gasteiger partial charge on any atom is -0.00298 e. The minimum Gasteiger partial charge on any atom is -0.0884 e. The molecule has 1 unspecified atom stereocenters. The van der Waals surface area contributed by atoms with Gasteiger partial charge in [-0.15, -0.1) is 0 Å². The Hall–Kier alpha value is -0.520. The third kappa shape index (κ3) is 1.79. The number of allylic oxidation sites excluding steroid dienone is 4. The van der Waals surface area contributed by atoms with Crippen LogP contribution in [-0.2, 0) is 0 Å². The van der Waals surface area contributed by atoms with Crippen LogP contribution in [-0.4, -0.2) is 0 Å². The molecule has 84 valence electrons. The van der Waals surface area contributed by atoms with E-state index in [1.807, 2.05) is 0 Å². The third-order valence-corrected chi connectivity index (χ3v) is 4.79. The first-order valence-electron chi connectivity index (χ1n) is 6.41. The van der Waals surface area contributed by atoms with E-state index >= 15 is 0 Å². The van der Waals surface area contributed by atoms with Gasteiger partial charge in [-0.3, -0.25) is 0 Å². The molecule has 1 fully saturated rings. The molecule has 0 bridgehead atoms. The first-order chi connectivity index (χ1) is 7.10. The number of hydrogen-bond donors (Lipinski definition) is 0. The van der Waals surface area contributed by atoms with Crippen LogP contribution >= 0.6 is 0 Å². The first kappa shape index (κ1) is 11.0. The molecule has 15 heavy (non-hydrogen) atoms. The molecule has 0 radical (unpaired) electrons. The lowest BCUT2D eigenvalue weighted by Crippen LogP contribution is -2.40. The van der Waals surface area contributed by atoms with Gasteiger partial charge in [-0.2, -0.15) is 0 Å². The first-order valence-corrected chi connectivity index (χ1v) is 6.41. The molecular formula is C15H24. The molecule has 2 rings (SSSR count). The lowest BCUT2D eigenvalue weighted by molar-refractivity contribution is 0.0769. The molecule has 0 nitrogen and oxygen atoms in total. The van der Waals surface area contributed by atoms with Crippen LogP contribution < -0.4 is 0 Å². The molecule has 0 amide bonds. The predicted molar refractivity (Wildman–Crippen MR) is 66.8 cm³/mol. The van der Waals surface area contributed by atoms with Crippen LogP contribution in [0.4, 0.5) is 0 Å². The summed E-state index contributed by atoms with van der Waals surface area (Å²) in [7, 11) is 0. The van der Waals surface area contributed by atoms with Crippen LogP contribution in [0.5, 0.6) is 0 Å². The fourth-order valence-electron chi connectivity index (χ4n) is 3.41. The van der Waals surface area contributed by atoms with Crippen LogP contribution in [0, 0.1) is 10.8 Å². The Balaban J connectivity index is 2.30. The number of rotatable bonds is 0. The SMILES string of the molecule is C/C=C1\CCCC2(C=CCCC2(C)C)C1. The Morgan fingerprint density at radius 1 is 1.27 bits per heavy atom. The van der Waals surface area contributed by atoms with E-state index in [4.69, 9.17) is 0 Å². The smallest absolute Gasteiger partial charge is 0.00298 e. The van der Waals surface area contributed by atoms with Crippen molar-refractivity contribution < 1.29 is 0 Å². The van der Waals surface area contributed by atoms with E-state index in [1.54, 1.807) is 5.57 Å². The van der Waals surface area contributed by atoms with E-state index in [-0.39, 0.29) is 0 Å². The predicted octanol–water partition coefficient (Wildman–Crippen LogP) is 4.87. The van der Waals surface area contributed by atoms with Crippen molar-refractivity contribution in [1.82, 2.24) is 0 Å². The fourth-order valence-corrected chi connectivity index (χ4v) is 3.41. The molecule has 0 N–H and O–H groups in total. The zero-order valence-corrected chi connectivity index (χ0v) is 10.5. The van der Waals surface area contributed by atoms with Gasteiger partial charge in [0.05, 0.1) is 0 Å². The second-order valence-electron chi connectivity index (χ2n) is 5.96. The van der Waals surface area contributed by atoms with E-state index in [0.29, 0.717) is 10.8 Å². The molecule has 0 heteroatoms. The second kappa shape index (κ2) is 3.81. The standard InChI is InChI=1S/C15H24/c1-4-13-8-7-11-15(12-13)10-6-5-9-14(15,2)3/h4,6,10H,5,7-9,11-12H2,1-3H3/b13-4+. The molecule has 2 aliphatic rings. The minimum atomic E-state index is 0.478. The highest BCUT2D eigenvalue weighted by molar-refractivity contribution is 5.20. The third-order valence-electron chi connectivity index (χ3n) is 4.79. The largest absolute Gasteiger partial charge is 0.0884 e. The summed E-state index contributed by atoms with van der Waals surface area (Å²) < 4.78 is 0. The van der Waals surface area contributed by atoms with Gasteiger partial charge in [0.25, 0.3) is 0 Å². The molecule has 1 saturated carbocycles. The number of hydrogen-bond acceptors (Lipinski definition) is 0. The van der Waals surface area contributed by atoms with Gasteiger partial charge in [-0.1, -0.05) is 37.6 Å². The summed E-state index contributed by atoms with van der Waals surface area (Å²) in [6.07, 6.45) is 15.4. The van der Waals surface area contributed by atoms with Crippen molar-refractivity contribution in [2.45, 2.75) is 59.3 Å². The quantitative estimate of drug-likeness (QED) is 0.494. The van der Waals surface area contributed by atoms with E-state index in [1.165, 1.54) is 38.5 Å². The zero-order chi connectivity index (χ0) is 10.9. The van der Waals surface area contributed by atoms with Crippen molar-refractivity contribution in [2.75, 3.05) is 0 Å². The molecule has 1 spiro atoms. The summed E-state index contributed by atoms with van der Waals surface area (Å²) in [5.41, 5.74) is 2.66. The van der Waals surface area contributed by atoms with Gasteiger partial charge in [0.1, 0.15) is 0 Å². The second-order valence-corrected chi connectivity index (χ2v) is 5.96. The maximum atomic E-state index is 2.54. The Kier molecular flexibility index (Phi) is 2.79. The normalized spacial score (nSPS) is 37.4. The van der Waals surface area contributed by atoms with Gasteiger partial charge in [-0.05, 0) is 56.3 Å². The average Bonchev–Trinajstić information content (AvgIpc) is 2.23. The summed E-state index contributed by atoms with van der Waals surface area (Å²) >= 11 is 0. The highest BCUT2D eigenvalue weighted by Crippen LogP contribution is 2.56. The van der Waals surface area contributed by atoms with Gasteiger partial charge < -0.3 is 0 Å². The van der Waals surface area contributed by atoms with Crippen molar-refractivity contribution >= 4 is 0 Å². The van der Waals surface area contributed by atoms with Crippen molar-refractivity contribution in [3.63, 3.8) is 0 Å². The highest BCUT2D eigenvalue weighted by Gasteiger charge is 2.45. The van der Waals surface area contributed by atoms with E-state index in [0.717, 1.165) is 0 Å². The summed E-state index contributed by atoms with van der Waals surface area (Å²) in [6.45, 7) is 7.14. The minimum absolute atomic E-state index is 0.478. The average molecular weight is 204 g/mol. The van der Waals surface area contributed by atoms with E-state index < -0.39 is 0 Å². The molecule has 0 aromatic heterocycles. The van der Waals surface area contributed by atoms with E-state index in [2.05, 4.69) is 39.0 Å². The van der Waals surface area contributed by atoms with Gasteiger partial charge >= 0.3 is 0 Å². The van der Waals surface area contributed by atoms with Crippen molar-refractivity contribution in [2.24, 2.45) is 10.8 Å². The van der Waals surface area contributed by atoms with Gasteiger partial charge in [0, 0.05) is 0 Å². The van der Waals surface area contributed by atoms with Crippen LogP contribution in [0.25, 0.3) is 0 Å². The van der Waals surface area contributed by atoms with Crippen molar-refractivity contribution in [3.05, 3.63) is 23.8 Å². The van der Waals surface area contributed by atoms with Gasteiger partial charge in [-0.25, -0.2) is 0 Å². The topological polar surface area (TPSA) is 0 Å². The Morgan fingerprint density at radius 2 is 2.07 bits per heavy atom. The summed E-state index contributed by atoms with van der Waals surface area (Å²) in [5, 5.41) is 0. The Morgan fingerprint density at radius 3 is 2.73 bits per heavy atom. The van der Waals surface area contributed by atoms with Crippen molar-refractivity contribution in [3.8, 4) is 0 Å². The van der Waals surface area contributed by atoms with Crippen molar-refractivity contribution in [1.29, 1.82) is 0 Å². The molecular weight excluding hydrogens is 180 g/mol. The van der Waals surface area contributed by atoms with Crippen LogP contribution in [0.2, 0.25) is 0 Å². The molecule has 0 heterocycles. The summed E-state index contributed by atoms with van der Waals surface area (Å²) in [6, 6.07) is 0. The summed E-state index contributed by atoms with van der Waals surface area (Å²) in [5.74, 6) is 0. The van der Waals surface area contributed by atoms with Crippen LogP contribution in [0.3, 0.4) is 0 Å². The fraction of sp³-hybridized carbons (Fsp3) is 0.733. The monoisotopic (exact) mass is 204 g/mol. The lowest BCUT2D eigenvalue weighted by Gasteiger charge is -2.50. The van der Waals surface area contributed by atoms with Gasteiger partial charge in [0.15, 0.2) is 0 Å². The van der Waals surface area contributed by atoms with Crippen LogP contribution in [0.15, 0.2) is 23.8 Å². The van der Waals surface area contributed by atoms with Crippen LogP contribution in [0.1, 0.15) is 59.3 Å². The lowest BCUT2D eigenvalue weighted by atomic mass is 9.54. The maximum absolute atomic E-state index is 2.54.